The molecule has 9 heteroatoms. The minimum atomic E-state index is -3.64. The minimum Gasteiger partial charge on any atom is -0.307 e. The van der Waals surface area contributed by atoms with Gasteiger partial charge in [-0.15, -0.1) is 11.8 Å². The highest BCUT2D eigenvalue weighted by atomic mass is 32.2. The lowest BCUT2D eigenvalue weighted by atomic mass is 10.1. The van der Waals surface area contributed by atoms with Gasteiger partial charge >= 0.3 is 0 Å². The number of anilines is 2. The van der Waals surface area contributed by atoms with Crippen molar-refractivity contribution in [1.29, 1.82) is 0 Å². The first-order valence-electron chi connectivity index (χ1n) is 11.3. The summed E-state index contributed by atoms with van der Waals surface area (Å²) in [6.45, 7) is 2.92. The van der Waals surface area contributed by atoms with Crippen LogP contribution in [0.5, 0.6) is 0 Å². The molecule has 0 N–H and O–H groups in total. The van der Waals surface area contributed by atoms with Crippen LogP contribution in [0.4, 0.5) is 11.4 Å². The van der Waals surface area contributed by atoms with Crippen molar-refractivity contribution in [3.63, 3.8) is 0 Å². The summed E-state index contributed by atoms with van der Waals surface area (Å²) >= 11 is 1.38. The van der Waals surface area contributed by atoms with Crippen molar-refractivity contribution >= 4 is 45.0 Å². The summed E-state index contributed by atoms with van der Waals surface area (Å²) in [5.74, 6) is -0.124. The van der Waals surface area contributed by atoms with Gasteiger partial charge in [0.2, 0.25) is 21.8 Å². The predicted octanol–water partition coefficient (Wildman–Crippen LogP) is 3.28. The van der Waals surface area contributed by atoms with E-state index in [2.05, 4.69) is 0 Å². The smallest absolute Gasteiger partial charge is 0.247 e. The fourth-order valence-corrected chi connectivity index (χ4v) is 7.38. The Hall–Kier alpha value is -2.36. The normalized spacial score (nSPS) is 21.1. The molecular weight excluding hydrogens is 458 g/mol. The Morgan fingerprint density at radius 1 is 1.06 bits per heavy atom. The zero-order valence-electron chi connectivity index (χ0n) is 18.6. The second-order valence-electron chi connectivity index (χ2n) is 8.81. The molecule has 7 nitrogen and oxygen atoms in total. The number of carbonyl (C=O) groups is 2. The Morgan fingerprint density at radius 2 is 1.82 bits per heavy atom. The van der Waals surface area contributed by atoms with Gasteiger partial charge in [0, 0.05) is 29.7 Å². The number of para-hydroxylation sites is 1. The van der Waals surface area contributed by atoms with Crippen molar-refractivity contribution in [3.8, 4) is 0 Å². The van der Waals surface area contributed by atoms with E-state index in [1.54, 1.807) is 23.1 Å². The number of piperidine rings is 1. The van der Waals surface area contributed by atoms with E-state index in [4.69, 9.17) is 0 Å². The maximum atomic E-state index is 13.4. The van der Waals surface area contributed by atoms with Gasteiger partial charge in [-0.3, -0.25) is 9.59 Å². The number of hydrogen-bond donors (Lipinski definition) is 0. The van der Waals surface area contributed by atoms with Gasteiger partial charge in [0.15, 0.2) is 0 Å². The van der Waals surface area contributed by atoms with Crippen LogP contribution in [0.15, 0.2) is 52.3 Å². The molecule has 3 heterocycles. The third-order valence-electron chi connectivity index (χ3n) is 6.60. The van der Waals surface area contributed by atoms with Gasteiger partial charge in [-0.05, 0) is 56.0 Å². The van der Waals surface area contributed by atoms with Gasteiger partial charge in [-0.1, -0.05) is 24.6 Å². The standard InChI is InChI=1S/C24H27N3O4S2/c1-17-13-18-7-3-4-8-20(18)27(17)23(28)15-26-21-14-19(9-10-22(21)32-16-24(26)29)33(30,31)25-11-5-2-6-12-25/h3-4,7-10,14,17H,2,5-6,11-13,15-16H2,1H3. The molecule has 1 atom stereocenters. The topological polar surface area (TPSA) is 78.0 Å². The molecule has 0 radical (unpaired) electrons. The van der Waals surface area contributed by atoms with Gasteiger partial charge in [-0.25, -0.2) is 8.42 Å². The third-order valence-corrected chi connectivity index (χ3v) is 9.54. The summed E-state index contributed by atoms with van der Waals surface area (Å²) < 4.78 is 27.9. The molecule has 2 amide bonds. The predicted molar refractivity (Wildman–Crippen MR) is 129 cm³/mol. The molecular formula is C24H27N3O4S2. The zero-order chi connectivity index (χ0) is 23.2. The molecule has 174 valence electrons. The lowest BCUT2D eigenvalue weighted by Crippen LogP contribution is -2.47. The lowest BCUT2D eigenvalue weighted by molar-refractivity contribution is -0.121. The molecule has 3 aliphatic rings. The number of sulfonamides is 1. The van der Waals surface area contributed by atoms with E-state index in [1.807, 2.05) is 31.2 Å². The van der Waals surface area contributed by atoms with Crippen LogP contribution in [0.25, 0.3) is 0 Å². The van der Waals surface area contributed by atoms with Crippen LogP contribution in [-0.2, 0) is 26.0 Å². The Labute approximate surface area is 198 Å². The van der Waals surface area contributed by atoms with Crippen molar-refractivity contribution in [2.45, 2.75) is 48.4 Å². The molecule has 0 bridgehead atoms. The number of carbonyl (C=O) groups excluding carboxylic acids is 2. The first-order chi connectivity index (χ1) is 15.9. The summed E-state index contributed by atoms with van der Waals surface area (Å²) in [5.41, 5.74) is 2.51. The van der Waals surface area contributed by atoms with Crippen LogP contribution in [0.1, 0.15) is 31.7 Å². The van der Waals surface area contributed by atoms with Crippen LogP contribution >= 0.6 is 11.8 Å². The number of thioether (sulfide) groups is 1. The van der Waals surface area contributed by atoms with Crippen molar-refractivity contribution in [3.05, 3.63) is 48.0 Å². The Bertz CT molecular complexity index is 1210. The van der Waals surface area contributed by atoms with E-state index < -0.39 is 10.0 Å². The summed E-state index contributed by atoms with van der Waals surface area (Å²) in [7, 11) is -3.64. The monoisotopic (exact) mass is 485 g/mol. The summed E-state index contributed by atoms with van der Waals surface area (Å²) in [6.07, 6.45) is 3.53. The Balaban J connectivity index is 1.45. The Morgan fingerprint density at radius 3 is 2.61 bits per heavy atom. The Kier molecular flexibility index (Phi) is 5.96. The van der Waals surface area contributed by atoms with E-state index >= 15 is 0 Å². The summed E-state index contributed by atoms with van der Waals surface area (Å²) in [5, 5.41) is 0. The summed E-state index contributed by atoms with van der Waals surface area (Å²) in [4.78, 5) is 30.5. The molecule has 0 aromatic heterocycles. The molecule has 5 rings (SSSR count). The molecule has 2 aromatic rings. The van der Waals surface area contributed by atoms with Crippen LogP contribution < -0.4 is 9.80 Å². The van der Waals surface area contributed by atoms with Crippen LogP contribution in [0.2, 0.25) is 0 Å². The maximum Gasteiger partial charge on any atom is 0.247 e. The first kappa shape index (κ1) is 22.4. The second-order valence-corrected chi connectivity index (χ2v) is 11.8. The van der Waals surface area contributed by atoms with E-state index in [9.17, 15) is 18.0 Å². The quantitative estimate of drug-likeness (QED) is 0.664. The highest BCUT2D eigenvalue weighted by Crippen LogP contribution is 2.38. The minimum absolute atomic E-state index is 0.00875. The highest BCUT2D eigenvalue weighted by molar-refractivity contribution is 8.00. The molecule has 33 heavy (non-hydrogen) atoms. The van der Waals surface area contributed by atoms with E-state index in [0.717, 1.165) is 41.8 Å². The zero-order valence-corrected chi connectivity index (χ0v) is 20.2. The highest BCUT2D eigenvalue weighted by Gasteiger charge is 2.35. The van der Waals surface area contributed by atoms with Crippen LogP contribution in [0.3, 0.4) is 0 Å². The molecule has 1 fully saturated rings. The average molecular weight is 486 g/mol. The summed E-state index contributed by atoms with van der Waals surface area (Å²) in [6, 6.07) is 12.8. The molecule has 3 aliphatic heterocycles. The fourth-order valence-electron chi connectivity index (χ4n) is 4.93. The van der Waals surface area contributed by atoms with Gasteiger partial charge in [0.05, 0.1) is 16.3 Å². The lowest BCUT2D eigenvalue weighted by Gasteiger charge is -2.32. The van der Waals surface area contributed by atoms with E-state index in [0.29, 0.717) is 18.8 Å². The fraction of sp³-hybridized carbons (Fsp3) is 0.417. The number of amides is 2. The average Bonchev–Trinajstić information content (AvgIpc) is 3.16. The first-order valence-corrected chi connectivity index (χ1v) is 13.8. The SMILES string of the molecule is CC1Cc2ccccc2N1C(=O)CN1C(=O)CSc2ccc(S(=O)(=O)N3CCCCC3)cc21. The second kappa shape index (κ2) is 8.77. The van der Waals surface area contributed by atoms with Crippen molar-refractivity contribution < 1.29 is 18.0 Å². The van der Waals surface area contributed by atoms with Crippen molar-refractivity contribution in [1.82, 2.24) is 4.31 Å². The third kappa shape index (κ3) is 4.06. The van der Waals surface area contributed by atoms with Gasteiger partial charge in [0.1, 0.15) is 6.54 Å². The largest absolute Gasteiger partial charge is 0.307 e. The van der Waals surface area contributed by atoms with Crippen molar-refractivity contribution in [2.75, 3.05) is 35.2 Å². The molecule has 1 saturated heterocycles. The van der Waals surface area contributed by atoms with Gasteiger partial charge in [0.25, 0.3) is 0 Å². The maximum absolute atomic E-state index is 13.4. The molecule has 2 aromatic carbocycles. The number of benzene rings is 2. The molecule has 0 aliphatic carbocycles. The van der Waals surface area contributed by atoms with E-state index in [-0.39, 0.29) is 35.0 Å². The van der Waals surface area contributed by atoms with Gasteiger partial charge in [-0.2, -0.15) is 4.31 Å². The van der Waals surface area contributed by atoms with Crippen molar-refractivity contribution in [2.24, 2.45) is 0 Å². The number of rotatable bonds is 4. The van der Waals surface area contributed by atoms with E-state index in [1.165, 1.54) is 21.0 Å². The van der Waals surface area contributed by atoms with Crippen LogP contribution in [0, 0.1) is 0 Å². The van der Waals surface area contributed by atoms with Gasteiger partial charge < -0.3 is 9.80 Å². The van der Waals surface area contributed by atoms with Crippen LogP contribution in [-0.4, -0.2) is 56.0 Å². The molecule has 0 saturated carbocycles. The number of hydrogen-bond acceptors (Lipinski definition) is 5. The number of fused-ring (bicyclic) bond motifs is 2. The molecule has 1 unspecified atom stereocenters. The molecule has 0 spiro atoms. The number of nitrogens with zero attached hydrogens (tertiary/aromatic N) is 3.